The van der Waals surface area contributed by atoms with Crippen LogP contribution in [0, 0.1) is 5.82 Å². The Morgan fingerprint density at radius 3 is 2.52 bits per heavy atom. The number of hydrogen-bond acceptors (Lipinski definition) is 8. The van der Waals surface area contributed by atoms with Crippen molar-refractivity contribution in [1.29, 1.82) is 0 Å². The van der Waals surface area contributed by atoms with Crippen LogP contribution in [-0.2, 0) is 34.1 Å². The van der Waals surface area contributed by atoms with Crippen molar-refractivity contribution in [3.05, 3.63) is 107 Å². The van der Waals surface area contributed by atoms with E-state index in [1.54, 1.807) is 73.8 Å². The fourth-order valence-electron chi connectivity index (χ4n) is 4.62. The largest absolute Gasteiger partial charge is 0.473 e. The standard InChI is InChI=1S/C31H30FN3O6S/c1-40-14-13-35-28-17-23(31(36)37)11-12-27(28)33-29(35)18-21-9-10-22(16-25(21)32)26-7-4-8-30(34-26)41-19-20-5-3-6-24(15-20)42(2,38)39/h3-12,15-17,31,36-37H,13-14,18-19H2,1-2H3. The van der Waals surface area contributed by atoms with Crippen LogP contribution in [0.25, 0.3) is 22.3 Å². The molecule has 0 amide bonds. The van der Waals surface area contributed by atoms with E-state index in [1.165, 1.54) is 12.1 Å². The van der Waals surface area contributed by atoms with E-state index in [-0.39, 0.29) is 17.9 Å². The predicted octanol–water partition coefficient (Wildman–Crippen LogP) is 4.44. The quantitative estimate of drug-likeness (QED) is 0.216. The zero-order valence-corrected chi connectivity index (χ0v) is 23.9. The van der Waals surface area contributed by atoms with E-state index < -0.39 is 21.9 Å². The van der Waals surface area contributed by atoms with Gasteiger partial charge in [0.25, 0.3) is 0 Å². The lowest BCUT2D eigenvalue weighted by Gasteiger charge is -2.11. The molecule has 0 fully saturated rings. The molecule has 0 radical (unpaired) electrons. The lowest BCUT2D eigenvalue weighted by Crippen LogP contribution is -2.10. The minimum Gasteiger partial charge on any atom is -0.473 e. The molecule has 0 aliphatic rings. The molecule has 11 heteroatoms. The minimum absolute atomic E-state index is 0.121. The number of hydrogen-bond donors (Lipinski definition) is 2. The number of fused-ring (bicyclic) bond motifs is 1. The molecule has 5 aromatic rings. The summed E-state index contributed by atoms with van der Waals surface area (Å²) in [7, 11) is -1.75. The van der Waals surface area contributed by atoms with E-state index in [9.17, 15) is 18.6 Å². The van der Waals surface area contributed by atoms with E-state index in [0.717, 1.165) is 6.26 Å². The average molecular weight is 592 g/mol. The number of aliphatic hydroxyl groups excluding tert-OH is 1. The first kappa shape index (κ1) is 29.3. The van der Waals surface area contributed by atoms with Gasteiger partial charge in [0, 0.05) is 43.5 Å². The van der Waals surface area contributed by atoms with Crippen molar-refractivity contribution in [3.8, 4) is 17.1 Å². The van der Waals surface area contributed by atoms with Crippen molar-refractivity contribution >= 4 is 20.9 Å². The Morgan fingerprint density at radius 2 is 1.79 bits per heavy atom. The smallest absolute Gasteiger partial charge is 0.214 e. The van der Waals surface area contributed by atoms with E-state index in [0.29, 0.717) is 63.8 Å². The highest BCUT2D eigenvalue weighted by molar-refractivity contribution is 7.90. The predicted molar refractivity (Wildman–Crippen MR) is 155 cm³/mol. The van der Waals surface area contributed by atoms with Crippen LogP contribution in [-0.4, -0.2) is 53.1 Å². The van der Waals surface area contributed by atoms with Crippen molar-refractivity contribution in [2.45, 2.75) is 30.8 Å². The SMILES string of the molecule is COCCn1c(Cc2ccc(-c3cccc(OCc4cccc(S(C)(=O)=O)c4)n3)cc2F)nc2ccc(C(O)O)cc21. The first-order valence-electron chi connectivity index (χ1n) is 13.1. The van der Waals surface area contributed by atoms with Gasteiger partial charge < -0.3 is 24.3 Å². The van der Waals surface area contributed by atoms with Crippen LogP contribution in [0.1, 0.15) is 28.8 Å². The molecule has 5 rings (SSSR count). The number of ether oxygens (including phenoxy) is 2. The fourth-order valence-corrected chi connectivity index (χ4v) is 5.31. The second-order valence-corrected chi connectivity index (χ2v) is 11.9. The number of halogens is 1. The van der Waals surface area contributed by atoms with E-state index in [4.69, 9.17) is 9.47 Å². The Hall–Kier alpha value is -4.16. The monoisotopic (exact) mass is 591 g/mol. The number of aliphatic hydroxyl groups is 2. The average Bonchev–Trinajstić information content (AvgIpc) is 3.31. The summed E-state index contributed by atoms with van der Waals surface area (Å²) in [6.45, 7) is 0.983. The number of methoxy groups -OCH3 is 1. The van der Waals surface area contributed by atoms with Crippen LogP contribution in [0.5, 0.6) is 5.88 Å². The molecule has 0 unspecified atom stereocenters. The van der Waals surface area contributed by atoms with Crippen LogP contribution >= 0.6 is 0 Å². The Kier molecular flexibility index (Phi) is 8.64. The molecule has 9 nitrogen and oxygen atoms in total. The maximum Gasteiger partial charge on any atom is 0.214 e. The minimum atomic E-state index is -3.33. The van der Waals surface area contributed by atoms with Crippen LogP contribution in [0.4, 0.5) is 4.39 Å². The van der Waals surface area contributed by atoms with Gasteiger partial charge in [0.2, 0.25) is 5.88 Å². The number of rotatable bonds is 11. The summed E-state index contributed by atoms with van der Waals surface area (Å²) in [4.78, 5) is 9.39. The highest BCUT2D eigenvalue weighted by Crippen LogP contribution is 2.26. The maximum atomic E-state index is 15.4. The summed E-state index contributed by atoms with van der Waals surface area (Å²) in [6, 6.07) is 21.6. The number of nitrogens with zero attached hydrogens (tertiary/aromatic N) is 3. The number of benzene rings is 3. The van der Waals surface area contributed by atoms with Crippen molar-refractivity contribution in [3.63, 3.8) is 0 Å². The molecule has 0 atom stereocenters. The summed E-state index contributed by atoms with van der Waals surface area (Å²) >= 11 is 0. The zero-order chi connectivity index (χ0) is 29.9. The van der Waals surface area contributed by atoms with Gasteiger partial charge in [-0.05, 0) is 47.5 Å². The topological polar surface area (TPSA) is 124 Å². The van der Waals surface area contributed by atoms with Crippen LogP contribution in [0.2, 0.25) is 0 Å². The summed E-state index contributed by atoms with van der Waals surface area (Å²) in [5, 5.41) is 19.2. The third-order valence-electron chi connectivity index (χ3n) is 6.80. The molecule has 0 aliphatic carbocycles. The summed E-state index contributed by atoms with van der Waals surface area (Å²) < 4.78 is 52.0. The summed E-state index contributed by atoms with van der Waals surface area (Å²) in [6.07, 6.45) is -0.248. The first-order chi connectivity index (χ1) is 20.1. The molecule has 2 heterocycles. The Bertz CT molecular complexity index is 1840. The zero-order valence-electron chi connectivity index (χ0n) is 23.1. The lowest BCUT2D eigenvalue weighted by molar-refractivity contribution is -0.0424. The molecule has 0 saturated heterocycles. The molecular weight excluding hydrogens is 561 g/mol. The number of pyridine rings is 1. The molecule has 2 N–H and O–H groups in total. The maximum absolute atomic E-state index is 15.4. The van der Waals surface area contributed by atoms with Gasteiger partial charge in [-0.25, -0.2) is 22.8 Å². The fraction of sp³-hybridized carbons (Fsp3) is 0.226. The molecule has 42 heavy (non-hydrogen) atoms. The van der Waals surface area contributed by atoms with Crippen LogP contribution < -0.4 is 4.74 Å². The Balaban J connectivity index is 1.36. The highest BCUT2D eigenvalue weighted by Gasteiger charge is 2.16. The Morgan fingerprint density at radius 1 is 0.976 bits per heavy atom. The normalized spacial score (nSPS) is 11.9. The second kappa shape index (κ2) is 12.4. The molecular formula is C31H30FN3O6S. The second-order valence-electron chi connectivity index (χ2n) is 9.85. The Labute approximate surface area is 242 Å². The van der Waals surface area contributed by atoms with Crippen molar-refractivity contribution in [2.75, 3.05) is 20.0 Å². The van der Waals surface area contributed by atoms with Crippen molar-refractivity contribution in [1.82, 2.24) is 14.5 Å². The van der Waals surface area contributed by atoms with Gasteiger partial charge in [-0.15, -0.1) is 0 Å². The molecule has 0 saturated carbocycles. The number of imidazole rings is 1. The molecule has 2 aromatic heterocycles. The van der Waals surface area contributed by atoms with E-state index >= 15 is 4.39 Å². The highest BCUT2D eigenvalue weighted by atomic mass is 32.2. The third kappa shape index (κ3) is 6.66. The number of aromatic nitrogens is 3. The molecule has 0 bridgehead atoms. The van der Waals surface area contributed by atoms with Crippen LogP contribution in [0.15, 0.2) is 83.8 Å². The third-order valence-corrected chi connectivity index (χ3v) is 7.91. The lowest BCUT2D eigenvalue weighted by atomic mass is 10.1. The van der Waals surface area contributed by atoms with Gasteiger partial charge in [0.1, 0.15) is 18.2 Å². The van der Waals surface area contributed by atoms with Gasteiger partial charge in [-0.3, -0.25) is 0 Å². The van der Waals surface area contributed by atoms with Crippen molar-refractivity contribution < 1.29 is 32.5 Å². The molecule has 218 valence electrons. The first-order valence-corrected chi connectivity index (χ1v) is 15.0. The van der Waals surface area contributed by atoms with Gasteiger partial charge in [-0.1, -0.05) is 36.4 Å². The van der Waals surface area contributed by atoms with Gasteiger partial charge in [0.15, 0.2) is 16.1 Å². The van der Waals surface area contributed by atoms with E-state index in [2.05, 4.69) is 9.97 Å². The summed E-state index contributed by atoms with van der Waals surface area (Å²) in [5.41, 5.74) is 3.90. The van der Waals surface area contributed by atoms with Crippen LogP contribution in [0.3, 0.4) is 0 Å². The van der Waals surface area contributed by atoms with E-state index in [1.807, 2.05) is 4.57 Å². The van der Waals surface area contributed by atoms with Gasteiger partial charge in [0.05, 0.1) is 28.2 Å². The van der Waals surface area contributed by atoms with Gasteiger partial charge in [-0.2, -0.15) is 0 Å². The summed E-state index contributed by atoms with van der Waals surface area (Å²) in [5.74, 6) is 0.516. The molecule has 0 spiro atoms. The van der Waals surface area contributed by atoms with Crippen molar-refractivity contribution in [2.24, 2.45) is 0 Å². The molecule has 0 aliphatic heterocycles. The molecule has 3 aromatic carbocycles. The van der Waals surface area contributed by atoms with Gasteiger partial charge >= 0.3 is 0 Å². The number of sulfone groups is 1.